The number of hydrogen-bond acceptors (Lipinski definition) is 4. The lowest BCUT2D eigenvalue weighted by atomic mass is 10.2. The first kappa shape index (κ1) is 10.2. The summed E-state index contributed by atoms with van der Waals surface area (Å²) in [5, 5.41) is 11.9. The second kappa shape index (κ2) is 4.48. The number of hydrogen-bond donors (Lipinski definition) is 2. The summed E-state index contributed by atoms with van der Waals surface area (Å²) in [7, 11) is 0. The van der Waals surface area contributed by atoms with Gasteiger partial charge in [0.2, 0.25) is 0 Å². The van der Waals surface area contributed by atoms with Crippen LogP contribution in [0.1, 0.15) is 15.9 Å². The van der Waals surface area contributed by atoms with Crippen LogP contribution in [0.15, 0.2) is 41.5 Å². The SMILES string of the molecule is O=C(O)c1cnccc1NCc1ccoc1. The molecule has 0 aliphatic rings. The predicted molar refractivity (Wildman–Crippen MR) is 57.2 cm³/mol. The minimum absolute atomic E-state index is 0.158. The van der Waals surface area contributed by atoms with Crippen LogP contribution in [-0.2, 0) is 6.54 Å². The highest BCUT2D eigenvalue weighted by Gasteiger charge is 2.09. The molecule has 2 rings (SSSR count). The molecule has 16 heavy (non-hydrogen) atoms. The fourth-order valence-electron chi connectivity index (χ4n) is 1.31. The molecule has 2 aromatic rings. The van der Waals surface area contributed by atoms with Gasteiger partial charge in [-0.25, -0.2) is 4.79 Å². The Morgan fingerprint density at radius 3 is 3.06 bits per heavy atom. The fraction of sp³-hybridized carbons (Fsp3) is 0.0909. The molecule has 0 aliphatic heterocycles. The van der Waals surface area contributed by atoms with Crippen molar-refractivity contribution in [3.8, 4) is 0 Å². The number of nitrogens with zero attached hydrogens (tertiary/aromatic N) is 1. The molecule has 5 heteroatoms. The van der Waals surface area contributed by atoms with E-state index in [1.807, 2.05) is 6.07 Å². The van der Waals surface area contributed by atoms with E-state index in [0.29, 0.717) is 12.2 Å². The minimum Gasteiger partial charge on any atom is -0.478 e. The molecular weight excluding hydrogens is 208 g/mol. The average molecular weight is 218 g/mol. The van der Waals surface area contributed by atoms with Crippen molar-refractivity contribution in [1.82, 2.24) is 4.98 Å². The van der Waals surface area contributed by atoms with Crippen molar-refractivity contribution in [3.63, 3.8) is 0 Å². The molecule has 2 heterocycles. The molecule has 0 amide bonds. The number of nitrogens with one attached hydrogen (secondary N) is 1. The van der Waals surface area contributed by atoms with Crippen LogP contribution in [0.2, 0.25) is 0 Å². The number of carboxylic acids is 1. The van der Waals surface area contributed by atoms with Crippen LogP contribution in [0.4, 0.5) is 5.69 Å². The molecule has 0 bridgehead atoms. The van der Waals surface area contributed by atoms with Gasteiger partial charge < -0.3 is 14.8 Å². The number of carbonyl (C=O) groups is 1. The predicted octanol–water partition coefficient (Wildman–Crippen LogP) is 1.98. The van der Waals surface area contributed by atoms with E-state index in [4.69, 9.17) is 9.52 Å². The number of furan rings is 1. The number of pyridine rings is 1. The summed E-state index contributed by atoms with van der Waals surface area (Å²) in [5.41, 5.74) is 1.66. The third kappa shape index (κ3) is 2.20. The highest BCUT2D eigenvalue weighted by Crippen LogP contribution is 2.14. The third-order valence-electron chi connectivity index (χ3n) is 2.11. The third-order valence-corrected chi connectivity index (χ3v) is 2.11. The van der Waals surface area contributed by atoms with Gasteiger partial charge in [0.25, 0.3) is 0 Å². The zero-order valence-corrected chi connectivity index (χ0v) is 8.38. The van der Waals surface area contributed by atoms with Gasteiger partial charge in [0, 0.05) is 24.5 Å². The van der Waals surface area contributed by atoms with E-state index < -0.39 is 5.97 Å². The average Bonchev–Trinajstić information content (AvgIpc) is 2.79. The second-order valence-electron chi connectivity index (χ2n) is 3.21. The zero-order chi connectivity index (χ0) is 11.4. The summed E-state index contributed by atoms with van der Waals surface area (Å²) in [6, 6.07) is 3.44. The molecule has 0 saturated carbocycles. The van der Waals surface area contributed by atoms with Gasteiger partial charge in [-0.05, 0) is 12.1 Å². The van der Waals surface area contributed by atoms with E-state index in [9.17, 15) is 4.79 Å². The van der Waals surface area contributed by atoms with Gasteiger partial charge in [-0.15, -0.1) is 0 Å². The van der Waals surface area contributed by atoms with Crippen LogP contribution in [0.25, 0.3) is 0 Å². The lowest BCUT2D eigenvalue weighted by molar-refractivity contribution is 0.0697. The Labute approximate surface area is 91.7 Å². The Bertz CT molecular complexity index is 480. The van der Waals surface area contributed by atoms with Crippen molar-refractivity contribution in [2.75, 3.05) is 5.32 Å². The molecule has 0 unspecified atom stereocenters. The molecule has 0 aliphatic carbocycles. The van der Waals surface area contributed by atoms with Gasteiger partial charge in [-0.3, -0.25) is 4.98 Å². The lowest BCUT2D eigenvalue weighted by Gasteiger charge is -2.07. The molecule has 0 radical (unpaired) electrons. The van der Waals surface area contributed by atoms with Crippen molar-refractivity contribution in [2.45, 2.75) is 6.54 Å². The first-order chi connectivity index (χ1) is 7.77. The van der Waals surface area contributed by atoms with Gasteiger partial charge in [-0.1, -0.05) is 0 Å². The quantitative estimate of drug-likeness (QED) is 0.820. The summed E-state index contributed by atoms with van der Waals surface area (Å²) < 4.78 is 4.91. The van der Waals surface area contributed by atoms with Gasteiger partial charge in [-0.2, -0.15) is 0 Å². The van der Waals surface area contributed by atoms with Crippen molar-refractivity contribution >= 4 is 11.7 Å². The fourth-order valence-corrected chi connectivity index (χ4v) is 1.31. The molecule has 0 aromatic carbocycles. The summed E-state index contributed by atoms with van der Waals surface area (Å²) in [4.78, 5) is 14.7. The van der Waals surface area contributed by atoms with Gasteiger partial charge >= 0.3 is 5.97 Å². The van der Waals surface area contributed by atoms with E-state index in [1.54, 1.807) is 24.8 Å². The van der Waals surface area contributed by atoms with Crippen LogP contribution in [0.3, 0.4) is 0 Å². The van der Waals surface area contributed by atoms with Crippen LogP contribution in [0.5, 0.6) is 0 Å². The Morgan fingerprint density at radius 2 is 2.38 bits per heavy atom. The molecule has 5 nitrogen and oxygen atoms in total. The molecule has 0 saturated heterocycles. The lowest BCUT2D eigenvalue weighted by Crippen LogP contribution is -2.06. The summed E-state index contributed by atoms with van der Waals surface area (Å²) in [6.07, 6.45) is 6.04. The number of aromatic carboxylic acids is 1. The highest BCUT2D eigenvalue weighted by atomic mass is 16.4. The number of rotatable bonds is 4. The van der Waals surface area contributed by atoms with E-state index in [-0.39, 0.29) is 5.56 Å². The monoisotopic (exact) mass is 218 g/mol. The Hall–Kier alpha value is -2.30. The normalized spacial score (nSPS) is 10.0. The summed E-state index contributed by atoms with van der Waals surface area (Å²) in [5.74, 6) is -0.997. The summed E-state index contributed by atoms with van der Waals surface area (Å²) >= 11 is 0. The Balaban J connectivity index is 2.12. The minimum atomic E-state index is -0.997. The van der Waals surface area contributed by atoms with E-state index >= 15 is 0 Å². The maximum absolute atomic E-state index is 10.9. The zero-order valence-electron chi connectivity index (χ0n) is 8.38. The van der Waals surface area contributed by atoms with Gasteiger partial charge in [0.15, 0.2) is 0 Å². The van der Waals surface area contributed by atoms with Crippen molar-refractivity contribution < 1.29 is 14.3 Å². The van der Waals surface area contributed by atoms with Gasteiger partial charge in [0.05, 0.1) is 18.2 Å². The largest absolute Gasteiger partial charge is 0.478 e. The maximum atomic E-state index is 10.9. The van der Waals surface area contributed by atoms with Crippen molar-refractivity contribution in [1.29, 1.82) is 0 Å². The number of carboxylic acid groups (broad SMARTS) is 1. The molecule has 2 N–H and O–H groups in total. The number of aromatic nitrogens is 1. The molecule has 2 aromatic heterocycles. The number of anilines is 1. The van der Waals surface area contributed by atoms with Crippen molar-refractivity contribution in [3.05, 3.63) is 48.2 Å². The topological polar surface area (TPSA) is 75.4 Å². The first-order valence-electron chi connectivity index (χ1n) is 4.69. The Morgan fingerprint density at radius 1 is 1.50 bits per heavy atom. The van der Waals surface area contributed by atoms with Gasteiger partial charge in [0.1, 0.15) is 5.56 Å². The smallest absolute Gasteiger partial charge is 0.339 e. The van der Waals surface area contributed by atoms with Crippen LogP contribution in [0, 0.1) is 0 Å². The molecule has 0 spiro atoms. The van der Waals surface area contributed by atoms with E-state index in [2.05, 4.69) is 10.3 Å². The second-order valence-corrected chi connectivity index (χ2v) is 3.21. The van der Waals surface area contributed by atoms with E-state index in [0.717, 1.165) is 5.56 Å². The Kier molecular flexibility index (Phi) is 2.86. The highest BCUT2D eigenvalue weighted by molar-refractivity contribution is 5.93. The van der Waals surface area contributed by atoms with Crippen LogP contribution >= 0.6 is 0 Å². The molecule has 0 fully saturated rings. The van der Waals surface area contributed by atoms with Crippen molar-refractivity contribution in [2.24, 2.45) is 0 Å². The van der Waals surface area contributed by atoms with E-state index in [1.165, 1.54) is 6.20 Å². The maximum Gasteiger partial charge on any atom is 0.339 e. The standard InChI is InChI=1S/C11H10N2O3/c14-11(15)9-6-12-3-1-10(9)13-5-8-2-4-16-7-8/h1-4,6-7H,5H2,(H,12,13)(H,14,15). The molecule has 0 atom stereocenters. The van der Waals surface area contributed by atoms with Crippen LogP contribution in [-0.4, -0.2) is 16.1 Å². The molecule has 82 valence electrons. The first-order valence-corrected chi connectivity index (χ1v) is 4.69. The molecular formula is C11H10N2O3. The van der Waals surface area contributed by atoms with Crippen LogP contribution < -0.4 is 5.32 Å². The summed E-state index contributed by atoms with van der Waals surface area (Å²) in [6.45, 7) is 0.515.